The van der Waals surface area contributed by atoms with Gasteiger partial charge in [0.05, 0.1) is 12.2 Å². The highest BCUT2D eigenvalue weighted by Crippen LogP contribution is 2.43. The van der Waals surface area contributed by atoms with E-state index in [0.29, 0.717) is 17.3 Å². The van der Waals surface area contributed by atoms with Gasteiger partial charge in [0.15, 0.2) is 11.6 Å². The first-order chi connectivity index (χ1) is 14.4. The van der Waals surface area contributed by atoms with Gasteiger partial charge in [-0.3, -0.25) is 9.13 Å². The largest absolute Gasteiger partial charge is 0.450 e. The topological polar surface area (TPSA) is 77.5 Å². The molecular weight excluding hydrogens is 397 g/mol. The number of nitrogens with zero attached hydrogens (tertiary/aromatic N) is 8. The van der Waals surface area contributed by atoms with Crippen LogP contribution in [0.1, 0.15) is 62.5 Å². The van der Waals surface area contributed by atoms with Crippen LogP contribution >= 0.6 is 0 Å². The lowest BCUT2D eigenvalue weighted by molar-refractivity contribution is -0.146. The maximum atomic E-state index is 13.4. The Kier molecular flexibility index (Phi) is 4.30. The summed E-state index contributed by atoms with van der Waals surface area (Å²) in [6, 6.07) is 0.210. The van der Waals surface area contributed by atoms with Crippen molar-refractivity contribution in [2.45, 2.75) is 64.2 Å². The number of fused-ring (bicyclic) bond motifs is 3. The molecule has 0 saturated heterocycles. The third-order valence-corrected chi connectivity index (χ3v) is 5.92. The number of aromatic nitrogens is 7. The van der Waals surface area contributed by atoms with E-state index >= 15 is 0 Å². The molecule has 0 radical (unpaired) electrons. The van der Waals surface area contributed by atoms with Crippen molar-refractivity contribution >= 4 is 5.82 Å². The Balaban J connectivity index is 1.71. The van der Waals surface area contributed by atoms with Gasteiger partial charge in [-0.2, -0.15) is 18.2 Å². The van der Waals surface area contributed by atoms with Gasteiger partial charge in [0.2, 0.25) is 11.8 Å². The monoisotopic (exact) mass is 418 g/mol. The van der Waals surface area contributed by atoms with Gasteiger partial charge in [0, 0.05) is 18.4 Å². The highest BCUT2D eigenvalue weighted by atomic mass is 19.4. The SMILES string of the molecule is CCC1c2nnc(C)n2-c2cnc(-n3ccnc3C(F)(F)F)nc2N1C1CCCC1. The van der Waals surface area contributed by atoms with Crippen molar-refractivity contribution in [3.8, 4) is 11.6 Å². The van der Waals surface area contributed by atoms with Crippen molar-refractivity contribution in [2.24, 2.45) is 0 Å². The molecule has 5 rings (SSSR count). The number of anilines is 1. The zero-order chi connectivity index (χ0) is 21.0. The first-order valence-electron chi connectivity index (χ1n) is 10.1. The van der Waals surface area contributed by atoms with Crippen LogP contribution in [0.15, 0.2) is 18.6 Å². The van der Waals surface area contributed by atoms with Gasteiger partial charge in [-0.1, -0.05) is 19.8 Å². The summed E-state index contributed by atoms with van der Waals surface area (Å²) in [5, 5.41) is 8.64. The summed E-state index contributed by atoms with van der Waals surface area (Å²) in [6.07, 6.45) is 4.36. The molecule has 2 aliphatic rings. The number of hydrogen-bond donors (Lipinski definition) is 0. The van der Waals surface area contributed by atoms with Crippen LogP contribution in [0.2, 0.25) is 0 Å². The lowest BCUT2D eigenvalue weighted by Gasteiger charge is -2.41. The van der Waals surface area contributed by atoms with Gasteiger partial charge in [0.1, 0.15) is 11.5 Å². The number of rotatable bonds is 3. The van der Waals surface area contributed by atoms with Gasteiger partial charge in [0.25, 0.3) is 0 Å². The minimum Gasteiger partial charge on any atom is -0.341 e. The Morgan fingerprint density at radius 2 is 1.90 bits per heavy atom. The minimum atomic E-state index is -4.60. The van der Waals surface area contributed by atoms with E-state index in [1.54, 1.807) is 6.20 Å². The second kappa shape index (κ2) is 6.78. The summed E-state index contributed by atoms with van der Waals surface area (Å²) < 4.78 is 43.0. The molecule has 3 aromatic heterocycles. The quantitative estimate of drug-likeness (QED) is 0.644. The summed E-state index contributed by atoms with van der Waals surface area (Å²) in [6.45, 7) is 3.93. The average molecular weight is 418 g/mol. The van der Waals surface area contributed by atoms with Gasteiger partial charge >= 0.3 is 6.18 Å². The first kappa shape index (κ1) is 19.0. The van der Waals surface area contributed by atoms with Crippen molar-refractivity contribution < 1.29 is 13.2 Å². The highest BCUT2D eigenvalue weighted by molar-refractivity contribution is 5.63. The number of aryl methyl sites for hydroxylation is 1. The highest BCUT2D eigenvalue weighted by Gasteiger charge is 2.41. The van der Waals surface area contributed by atoms with Crippen molar-refractivity contribution in [1.82, 2.24) is 34.3 Å². The standard InChI is InChI=1S/C19H21F3N8/c1-3-13-16-27-26-11(2)29(16)14-10-24-18(28-9-8-23-17(28)19(20,21)22)25-15(14)30(13)12-6-4-5-7-12/h8-10,12-13H,3-7H2,1-2H3. The average Bonchev–Trinajstić information content (AvgIpc) is 3.46. The molecule has 0 amide bonds. The van der Waals surface area contributed by atoms with Crippen LogP contribution in [0.3, 0.4) is 0 Å². The Morgan fingerprint density at radius 3 is 2.60 bits per heavy atom. The number of alkyl halides is 3. The van der Waals surface area contributed by atoms with Crippen LogP contribution < -0.4 is 4.90 Å². The molecule has 0 spiro atoms. The molecule has 3 aromatic rings. The van der Waals surface area contributed by atoms with E-state index in [9.17, 15) is 13.2 Å². The molecule has 11 heteroatoms. The molecule has 1 saturated carbocycles. The van der Waals surface area contributed by atoms with Gasteiger partial charge in [-0.05, 0) is 26.2 Å². The molecule has 4 heterocycles. The van der Waals surface area contributed by atoms with Crippen LogP contribution in [0.25, 0.3) is 11.6 Å². The van der Waals surface area contributed by atoms with E-state index in [1.165, 1.54) is 6.20 Å². The predicted octanol–water partition coefficient (Wildman–Crippen LogP) is 3.78. The lowest BCUT2D eigenvalue weighted by Crippen LogP contribution is -2.42. The van der Waals surface area contributed by atoms with E-state index in [-0.39, 0.29) is 18.0 Å². The van der Waals surface area contributed by atoms with E-state index < -0.39 is 12.0 Å². The number of halogens is 3. The second-order valence-corrected chi connectivity index (χ2v) is 7.71. The fraction of sp³-hybridized carbons (Fsp3) is 0.526. The Labute approximate surface area is 170 Å². The third kappa shape index (κ3) is 2.78. The van der Waals surface area contributed by atoms with E-state index in [2.05, 4.69) is 37.0 Å². The van der Waals surface area contributed by atoms with E-state index in [1.807, 2.05) is 11.5 Å². The molecule has 0 aromatic carbocycles. The van der Waals surface area contributed by atoms with Crippen LogP contribution in [0.5, 0.6) is 0 Å². The third-order valence-electron chi connectivity index (χ3n) is 5.92. The Hall–Kier alpha value is -2.98. The molecule has 1 aliphatic carbocycles. The predicted molar refractivity (Wildman–Crippen MR) is 102 cm³/mol. The fourth-order valence-corrected chi connectivity index (χ4v) is 4.65. The zero-order valence-corrected chi connectivity index (χ0v) is 16.6. The maximum Gasteiger partial charge on any atom is 0.450 e. The van der Waals surface area contributed by atoms with Gasteiger partial charge in [-0.25, -0.2) is 9.97 Å². The molecule has 0 N–H and O–H groups in total. The molecule has 8 nitrogen and oxygen atoms in total. The maximum absolute atomic E-state index is 13.4. The summed E-state index contributed by atoms with van der Waals surface area (Å²) in [7, 11) is 0. The second-order valence-electron chi connectivity index (χ2n) is 7.71. The van der Waals surface area contributed by atoms with Gasteiger partial charge < -0.3 is 4.90 Å². The smallest absolute Gasteiger partial charge is 0.341 e. The molecule has 1 aliphatic heterocycles. The van der Waals surface area contributed by atoms with Crippen LogP contribution in [-0.2, 0) is 6.18 Å². The summed E-state index contributed by atoms with van der Waals surface area (Å²) in [5.41, 5.74) is 0.696. The molecule has 30 heavy (non-hydrogen) atoms. The van der Waals surface area contributed by atoms with Crippen LogP contribution in [0.4, 0.5) is 19.0 Å². The van der Waals surface area contributed by atoms with Gasteiger partial charge in [-0.15, -0.1) is 10.2 Å². The fourth-order valence-electron chi connectivity index (χ4n) is 4.65. The zero-order valence-electron chi connectivity index (χ0n) is 16.6. The van der Waals surface area contributed by atoms with Crippen molar-refractivity contribution in [2.75, 3.05) is 4.90 Å². The molecule has 1 fully saturated rings. The molecule has 1 unspecified atom stereocenters. The lowest BCUT2D eigenvalue weighted by atomic mass is 10.0. The Bertz CT molecular complexity index is 1080. The summed E-state index contributed by atoms with van der Waals surface area (Å²) in [5.74, 6) is 1.05. The molecule has 158 valence electrons. The summed E-state index contributed by atoms with van der Waals surface area (Å²) in [4.78, 5) is 14.6. The normalized spacial score (nSPS) is 19.2. The Morgan fingerprint density at radius 1 is 1.13 bits per heavy atom. The first-order valence-corrected chi connectivity index (χ1v) is 10.1. The number of hydrogen-bond acceptors (Lipinski definition) is 6. The molecule has 1 atom stereocenters. The van der Waals surface area contributed by atoms with E-state index in [0.717, 1.165) is 48.7 Å². The van der Waals surface area contributed by atoms with Crippen LogP contribution in [-0.4, -0.2) is 40.3 Å². The molecule has 0 bridgehead atoms. The number of imidazole rings is 1. The van der Waals surface area contributed by atoms with Crippen LogP contribution in [0, 0.1) is 6.92 Å². The minimum absolute atomic E-state index is 0.0468. The van der Waals surface area contributed by atoms with E-state index in [4.69, 9.17) is 0 Å². The van der Waals surface area contributed by atoms with Crippen molar-refractivity contribution in [1.29, 1.82) is 0 Å². The van der Waals surface area contributed by atoms with Crippen molar-refractivity contribution in [3.63, 3.8) is 0 Å². The molecular formula is C19H21F3N8. The van der Waals surface area contributed by atoms with Crippen molar-refractivity contribution in [3.05, 3.63) is 36.1 Å². The summed E-state index contributed by atoms with van der Waals surface area (Å²) >= 11 is 0.